The van der Waals surface area contributed by atoms with Crippen LogP contribution in [0.15, 0.2) is 17.1 Å². The summed E-state index contributed by atoms with van der Waals surface area (Å²) in [4.78, 5) is 11.4. The first-order valence-electron chi connectivity index (χ1n) is 3.95. The summed E-state index contributed by atoms with van der Waals surface area (Å²) >= 11 is 0. The molecule has 0 saturated carbocycles. The molecule has 1 saturated heterocycles. The van der Waals surface area contributed by atoms with Crippen LogP contribution in [0.3, 0.4) is 0 Å². The fourth-order valence-electron chi connectivity index (χ4n) is 1.21. The molecular weight excluding hydrogens is 243 g/mol. The van der Waals surface area contributed by atoms with Gasteiger partial charge in [0, 0.05) is 32.7 Å². The van der Waals surface area contributed by atoms with Gasteiger partial charge in [0.25, 0.3) is 0 Å². The molecule has 0 aromatic carbocycles. The van der Waals surface area contributed by atoms with Crippen molar-refractivity contribution in [3.05, 3.63) is 34.2 Å². The summed E-state index contributed by atoms with van der Waals surface area (Å²) in [6.07, 6.45) is 1.71. The van der Waals surface area contributed by atoms with Gasteiger partial charge in [0.05, 0.1) is 19.3 Å². The molecule has 1 aromatic heterocycles. The first-order valence-corrected chi connectivity index (χ1v) is 3.95. The van der Waals surface area contributed by atoms with E-state index in [4.69, 9.17) is 4.74 Å². The molecule has 0 atom stereocenters. The molecule has 1 radical (unpaired) electrons. The summed E-state index contributed by atoms with van der Waals surface area (Å²) in [5, 5.41) is 0. The molecule has 1 aliphatic rings. The van der Waals surface area contributed by atoms with E-state index in [1.807, 2.05) is 6.92 Å². The van der Waals surface area contributed by atoms with Gasteiger partial charge in [0.15, 0.2) is 5.56 Å². The van der Waals surface area contributed by atoms with Crippen molar-refractivity contribution in [1.82, 2.24) is 4.57 Å². The third kappa shape index (κ3) is 2.27. The van der Waals surface area contributed by atoms with E-state index in [9.17, 15) is 4.79 Å². The normalized spacial score (nSPS) is 16.1. The number of ether oxygens (including phenoxy) is 1. The van der Waals surface area contributed by atoms with Crippen LogP contribution in [0.4, 0.5) is 0 Å². The molecule has 67 valence electrons. The molecule has 1 fully saturated rings. The van der Waals surface area contributed by atoms with E-state index in [0.29, 0.717) is 13.2 Å². The summed E-state index contributed by atoms with van der Waals surface area (Å²) in [6, 6.07) is 4.82. The van der Waals surface area contributed by atoms with Gasteiger partial charge in [-0.1, -0.05) is 13.1 Å². The van der Waals surface area contributed by atoms with Gasteiger partial charge < -0.3 is 9.30 Å². The third-order valence-corrected chi connectivity index (χ3v) is 2.04. The molecule has 1 aliphatic heterocycles. The van der Waals surface area contributed by atoms with E-state index >= 15 is 0 Å². The van der Waals surface area contributed by atoms with E-state index in [1.54, 1.807) is 16.8 Å². The maximum absolute atomic E-state index is 11.4. The smallest absolute Gasteiger partial charge is 0.168 e. The summed E-state index contributed by atoms with van der Waals surface area (Å²) in [7, 11) is 0. The zero-order valence-electron chi connectivity index (χ0n) is 7.49. The molecule has 3 nitrogen and oxygen atoms in total. The molecule has 13 heavy (non-hydrogen) atoms. The summed E-state index contributed by atoms with van der Waals surface area (Å²) < 4.78 is 6.68. The number of rotatable bonds is 1. The molecular formula is C9H10NO2Y-. The number of pyridine rings is 1. The van der Waals surface area contributed by atoms with Crippen molar-refractivity contribution in [3.63, 3.8) is 0 Å². The fourth-order valence-corrected chi connectivity index (χ4v) is 1.21. The van der Waals surface area contributed by atoms with Gasteiger partial charge in [0.1, 0.15) is 0 Å². The molecule has 4 heteroatoms. The van der Waals surface area contributed by atoms with Crippen molar-refractivity contribution < 1.29 is 37.4 Å². The predicted octanol–water partition coefficient (Wildman–Crippen LogP) is 0.526. The van der Waals surface area contributed by atoms with Gasteiger partial charge >= 0.3 is 0 Å². The Balaban J connectivity index is 0.000000845. The van der Waals surface area contributed by atoms with Crippen molar-refractivity contribution in [2.24, 2.45) is 0 Å². The van der Waals surface area contributed by atoms with E-state index < -0.39 is 0 Å². The largest absolute Gasteiger partial charge is 0.377 e. The zero-order valence-corrected chi connectivity index (χ0v) is 10.3. The average Bonchev–Trinajstić information content (AvgIpc) is 1.91. The SMILES string of the molecule is Cc1[c-]cn(C2COC2)c(=O)c1.[Y]. The van der Waals surface area contributed by atoms with Gasteiger partial charge in [-0.05, 0) is 0 Å². The van der Waals surface area contributed by atoms with Crippen LogP contribution >= 0.6 is 0 Å². The number of hydrogen-bond donors (Lipinski definition) is 0. The van der Waals surface area contributed by atoms with Crippen LogP contribution in [0.5, 0.6) is 0 Å². The molecule has 0 aliphatic carbocycles. The maximum atomic E-state index is 11.4. The van der Waals surface area contributed by atoms with Crippen LogP contribution < -0.4 is 5.56 Å². The quantitative estimate of drug-likeness (QED) is 0.683. The van der Waals surface area contributed by atoms with Crippen LogP contribution in [0.25, 0.3) is 0 Å². The number of hydrogen-bond acceptors (Lipinski definition) is 2. The Labute approximate surface area is 102 Å². The average molecular weight is 253 g/mol. The Morgan fingerprint density at radius 3 is 2.77 bits per heavy atom. The molecule has 0 N–H and O–H groups in total. The van der Waals surface area contributed by atoms with Gasteiger partial charge in [-0.15, -0.1) is 6.07 Å². The molecule has 2 heterocycles. The first kappa shape index (κ1) is 11.1. The Hall–Kier alpha value is 0.0139. The number of aromatic nitrogens is 1. The van der Waals surface area contributed by atoms with Crippen molar-refractivity contribution in [2.75, 3.05) is 13.2 Å². The first-order chi connectivity index (χ1) is 5.77. The molecule has 1 aromatic rings. The van der Waals surface area contributed by atoms with Crippen LogP contribution in [0.2, 0.25) is 0 Å². The van der Waals surface area contributed by atoms with Gasteiger partial charge in [-0.3, -0.25) is 4.79 Å². The van der Waals surface area contributed by atoms with Crippen LogP contribution in [-0.4, -0.2) is 17.8 Å². The fraction of sp³-hybridized carbons (Fsp3) is 0.444. The maximum Gasteiger partial charge on any atom is 0.168 e. The van der Waals surface area contributed by atoms with E-state index in [-0.39, 0.29) is 44.3 Å². The van der Waals surface area contributed by atoms with Crippen molar-refractivity contribution in [1.29, 1.82) is 0 Å². The molecule has 0 bridgehead atoms. The van der Waals surface area contributed by atoms with Crippen molar-refractivity contribution >= 4 is 0 Å². The second kappa shape index (κ2) is 4.49. The van der Waals surface area contributed by atoms with Crippen LogP contribution in [-0.2, 0) is 37.4 Å². The summed E-state index contributed by atoms with van der Waals surface area (Å²) in [5.41, 5.74) is 0.927. The van der Waals surface area contributed by atoms with Gasteiger partial charge in [-0.2, -0.15) is 0 Å². The third-order valence-electron chi connectivity index (χ3n) is 2.04. The van der Waals surface area contributed by atoms with E-state index in [2.05, 4.69) is 6.07 Å². The summed E-state index contributed by atoms with van der Waals surface area (Å²) in [6.45, 7) is 3.16. The second-order valence-electron chi connectivity index (χ2n) is 3.04. The Morgan fingerprint density at radius 1 is 1.62 bits per heavy atom. The van der Waals surface area contributed by atoms with Gasteiger partial charge in [0.2, 0.25) is 0 Å². The minimum Gasteiger partial charge on any atom is -0.377 e. The Bertz CT molecular complexity index is 344. The predicted molar refractivity (Wildman–Crippen MR) is 44.1 cm³/mol. The number of nitrogens with zero attached hydrogens (tertiary/aromatic N) is 1. The molecule has 0 amide bonds. The minimum atomic E-state index is 0. The molecule has 0 unspecified atom stereocenters. The molecule has 0 spiro atoms. The standard InChI is InChI=1S/C9H10NO2.Y/c1-7-2-3-10(9(11)4-7)8-5-12-6-8;/h3-4,8H,5-6H2,1H3;/q-1;. The van der Waals surface area contributed by atoms with Crippen molar-refractivity contribution in [2.45, 2.75) is 13.0 Å². The Kier molecular flexibility index (Phi) is 3.83. The number of aryl methyl sites for hydroxylation is 1. The van der Waals surface area contributed by atoms with Crippen LogP contribution in [0.1, 0.15) is 11.6 Å². The van der Waals surface area contributed by atoms with E-state index in [0.717, 1.165) is 5.56 Å². The topological polar surface area (TPSA) is 31.2 Å². The Morgan fingerprint density at radius 2 is 2.31 bits per heavy atom. The zero-order chi connectivity index (χ0) is 8.55. The van der Waals surface area contributed by atoms with E-state index in [1.165, 1.54) is 0 Å². The minimum absolute atomic E-state index is 0. The summed E-state index contributed by atoms with van der Waals surface area (Å²) in [5.74, 6) is 0. The monoisotopic (exact) mass is 253 g/mol. The van der Waals surface area contributed by atoms with Crippen molar-refractivity contribution in [3.8, 4) is 0 Å². The van der Waals surface area contributed by atoms with Gasteiger partial charge in [-0.25, -0.2) is 11.6 Å². The molecule has 2 rings (SSSR count). The van der Waals surface area contributed by atoms with Crippen LogP contribution in [0, 0.1) is 13.0 Å². The second-order valence-corrected chi connectivity index (χ2v) is 3.04.